The molecular formula is C20H28N6O6S. The van der Waals surface area contributed by atoms with Gasteiger partial charge in [-0.15, -0.1) is 0 Å². The molecule has 1 fully saturated rings. The van der Waals surface area contributed by atoms with Crippen molar-refractivity contribution in [1.82, 2.24) is 30.4 Å². The van der Waals surface area contributed by atoms with Crippen molar-refractivity contribution < 1.29 is 28.1 Å². The highest BCUT2D eigenvalue weighted by Gasteiger charge is 2.27. The fourth-order valence-corrected chi connectivity index (χ4v) is 3.89. The SMILES string of the molecule is COC(=O)CC(NC(=S)N1CCCN(Cc2noc(-c3c(C)noc3C)n2)CC1)C(=O)OC. The third-order valence-electron chi connectivity index (χ3n) is 5.34. The van der Waals surface area contributed by atoms with Gasteiger partial charge in [0.05, 0.1) is 32.9 Å². The molecule has 1 N–H and O–H groups in total. The predicted molar refractivity (Wildman–Crippen MR) is 119 cm³/mol. The zero-order valence-electron chi connectivity index (χ0n) is 19.1. The molecular weight excluding hydrogens is 452 g/mol. The minimum Gasteiger partial charge on any atom is -0.469 e. The lowest BCUT2D eigenvalue weighted by atomic mass is 10.2. The monoisotopic (exact) mass is 480 g/mol. The van der Waals surface area contributed by atoms with Crippen LogP contribution in [-0.2, 0) is 25.6 Å². The van der Waals surface area contributed by atoms with Crippen molar-refractivity contribution >= 4 is 29.3 Å². The van der Waals surface area contributed by atoms with Gasteiger partial charge in [0.15, 0.2) is 10.9 Å². The highest BCUT2D eigenvalue weighted by atomic mass is 32.1. The quantitative estimate of drug-likeness (QED) is 0.443. The minimum absolute atomic E-state index is 0.172. The first-order chi connectivity index (χ1) is 15.8. The van der Waals surface area contributed by atoms with Crippen LogP contribution < -0.4 is 5.32 Å². The first-order valence-electron chi connectivity index (χ1n) is 10.5. The predicted octanol–water partition coefficient (Wildman–Crippen LogP) is 0.828. The van der Waals surface area contributed by atoms with Crippen LogP contribution in [0, 0.1) is 13.8 Å². The summed E-state index contributed by atoms with van der Waals surface area (Å²) in [5, 5.41) is 11.3. The Labute approximate surface area is 196 Å². The minimum atomic E-state index is -0.906. The smallest absolute Gasteiger partial charge is 0.328 e. The molecule has 0 radical (unpaired) electrons. The molecule has 13 heteroatoms. The van der Waals surface area contributed by atoms with E-state index in [4.69, 9.17) is 26.0 Å². The lowest BCUT2D eigenvalue weighted by molar-refractivity contribution is -0.149. The molecule has 0 aromatic carbocycles. The van der Waals surface area contributed by atoms with Crippen LogP contribution in [0.2, 0.25) is 0 Å². The van der Waals surface area contributed by atoms with Crippen molar-refractivity contribution in [1.29, 1.82) is 0 Å². The molecule has 0 saturated carbocycles. The van der Waals surface area contributed by atoms with E-state index in [-0.39, 0.29) is 6.42 Å². The molecule has 180 valence electrons. The summed E-state index contributed by atoms with van der Waals surface area (Å²) in [7, 11) is 2.52. The second-order valence-corrected chi connectivity index (χ2v) is 8.02. The Bertz CT molecular complexity index is 972. The fourth-order valence-electron chi connectivity index (χ4n) is 3.57. The van der Waals surface area contributed by atoms with Crippen molar-refractivity contribution in [3.8, 4) is 11.5 Å². The van der Waals surface area contributed by atoms with Crippen molar-refractivity contribution in [3.05, 3.63) is 17.3 Å². The van der Waals surface area contributed by atoms with E-state index in [9.17, 15) is 9.59 Å². The van der Waals surface area contributed by atoms with Crippen LogP contribution in [0.1, 0.15) is 30.1 Å². The fraction of sp³-hybridized carbons (Fsp3) is 0.600. The Morgan fingerprint density at radius 2 is 1.91 bits per heavy atom. The van der Waals surface area contributed by atoms with E-state index in [1.54, 1.807) is 6.92 Å². The Balaban J connectivity index is 1.56. The van der Waals surface area contributed by atoms with E-state index in [0.29, 0.717) is 54.5 Å². The standard InChI is InChI=1S/C20H28N6O6S/c1-12-17(13(2)31-23-12)18-22-15(24-32-18)11-25-6-5-7-26(9-8-25)20(33)21-14(19(28)30-4)10-16(27)29-3/h14H,5-11H2,1-4H3,(H,21,33). The molecule has 0 bridgehead atoms. The maximum Gasteiger partial charge on any atom is 0.328 e. The normalized spacial score (nSPS) is 15.6. The summed E-state index contributed by atoms with van der Waals surface area (Å²) in [5.41, 5.74) is 1.42. The van der Waals surface area contributed by atoms with Crippen LogP contribution >= 0.6 is 12.2 Å². The van der Waals surface area contributed by atoms with Crippen molar-refractivity contribution in [2.24, 2.45) is 0 Å². The van der Waals surface area contributed by atoms with Gasteiger partial charge in [-0.05, 0) is 32.5 Å². The van der Waals surface area contributed by atoms with Crippen molar-refractivity contribution in [2.75, 3.05) is 40.4 Å². The molecule has 12 nitrogen and oxygen atoms in total. The molecule has 0 aliphatic carbocycles. The molecule has 3 rings (SSSR count). The lowest BCUT2D eigenvalue weighted by Gasteiger charge is -2.27. The van der Waals surface area contributed by atoms with Gasteiger partial charge >= 0.3 is 11.9 Å². The zero-order valence-corrected chi connectivity index (χ0v) is 19.9. The van der Waals surface area contributed by atoms with Gasteiger partial charge in [-0.2, -0.15) is 4.98 Å². The summed E-state index contributed by atoms with van der Waals surface area (Å²) in [4.78, 5) is 32.3. The van der Waals surface area contributed by atoms with Crippen molar-refractivity contribution in [3.63, 3.8) is 0 Å². The number of aryl methyl sites for hydroxylation is 2. The average Bonchev–Trinajstić information content (AvgIpc) is 3.30. The van der Waals surface area contributed by atoms with E-state index in [2.05, 4.69) is 30.3 Å². The number of nitrogens with one attached hydrogen (secondary N) is 1. The number of carbonyl (C=O) groups excluding carboxylic acids is 2. The van der Waals surface area contributed by atoms with E-state index >= 15 is 0 Å². The van der Waals surface area contributed by atoms with Gasteiger partial charge in [0, 0.05) is 26.2 Å². The Kier molecular flexibility index (Phi) is 8.33. The van der Waals surface area contributed by atoms with Crippen LogP contribution in [0.3, 0.4) is 0 Å². The Morgan fingerprint density at radius 3 is 2.58 bits per heavy atom. The second-order valence-electron chi connectivity index (χ2n) is 7.64. The number of rotatable bonds is 7. The van der Waals surface area contributed by atoms with E-state index < -0.39 is 18.0 Å². The number of ether oxygens (including phenoxy) is 2. The summed E-state index contributed by atoms with van der Waals surface area (Å²) < 4.78 is 20.0. The van der Waals surface area contributed by atoms with Gasteiger partial charge in [-0.25, -0.2) is 4.79 Å². The number of methoxy groups -OCH3 is 2. The highest BCUT2D eigenvalue weighted by molar-refractivity contribution is 7.80. The van der Waals surface area contributed by atoms with Crippen LogP contribution in [-0.4, -0.2) is 88.6 Å². The summed E-state index contributed by atoms with van der Waals surface area (Å²) in [5.74, 6) is 0.487. The van der Waals surface area contributed by atoms with Crippen molar-refractivity contribution in [2.45, 2.75) is 39.3 Å². The molecule has 1 aliphatic heterocycles. The third kappa shape index (κ3) is 6.26. The van der Waals surface area contributed by atoms with Gasteiger partial charge in [-0.1, -0.05) is 10.3 Å². The maximum absolute atomic E-state index is 12.0. The number of hydrogen-bond donors (Lipinski definition) is 1. The topological polar surface area (TPSA) is 136 Å². The van der Waals surface area contributed by atoms with Gasteiger partial charge < -0.3 is 28.7 Å². The number of aromatic nitrogens is 3. The van der Waals surface area contributed by atoms with E-state index in [1.807, 2.05) is 11.8 Å². The van der Waals surface area contributed by atoms with Crippen LogP contribution in [0.25, 0.3) is 11.5 Å². The van der Waals surface area contributed by atoms with E-state index in [0.717, 1.165) is 18.5 Å². The van der Waals surface area contributed by atoms with Gasteiger partial charge in [0.2, 0.25) is 0 Å². The van der Waals surface area contributed by atoms with Gasteiger partial charge in [-0.3, -0.25) is 9.69 Å². The van der Waals surface area contributed by atoms with Crippen LogP contribution in [0.4, 0.5) is 0 Å². The second kappa shape index (κ2) is 11.2. The molecule has 3 heterocycles. The lowest BCUT2D eigenvalue weighted by Crippen LogP contribution is -2.49. The summed E-state index contributed by atoms with van der Waals surface area (Å²) >= 11 is 5.49. The number of thiocarbonyl (C=S) groups is 1. The summed E-state index contributed by atoms with van der Waals surface area (Å²) in [6.45, 7) is 7.00. The molecule has 1 saturated heterocycles. The number of hydrogen-bond acceptors (Lipinski definition) is 11. The van der Waals surface area contributed by atoms with Gasteiger partial charge in [0.25, 0.3) is 5.89 Å². The summed E-state index contributed by atoms with van der Waals surface area (Å²) in [6.07, 6.45) is 0.671. The molecule has 0 spiro atoms. The average molecular weight is 481 g/mol. The number of nitrogens with zero attached hydrogens (tertiary/aromatic N) is 5. The van der Waals surface area contributed by atoms with E-state index in [1.165, 1.54) is 14.2 Å². The largest absolute Gasteiger partial charge is 0.469 e. The third-order valence-corrected chi connectivity index (χ3v) is 5.71. The zero-order chi connectivity index (χ0) is 24.0. The Hall–Kier alpha value is -3.06. The molecule has 1 atom stereocenters. The van der Waals surface area contributed by atoms with Crippen LogP contribution in [0.15, 0.2) is 9.05 Å². The maximum atomic E-state index is 12.0. The number of esters is 2. The van der Waals surface area contributed by atoms with Gasteiger partial charge in [0.1, 0.15) is 17.4 Å². The molecule has 2 aromatic rings. The highest BCUT2D eigenvalue weighted by Crippen LogP contribution is 2.25. The number of carbonyl (C=O) groups is 2. The molecule has 1 unspecified atom stereocenters. The molecule has 1 aliphatic rings. The summed E-state index contributed by atoms with van der Waals surface area (Å²) in [6, 6.07) is -0.906. The molecule has 2 aromatic heterocycles. The first-order valence-corrected chi connectivity index (χ1v) is 10.9. The Morgan fingerprint density at radius 1 is 1.12 bits per heavy atom. The van der Waals surface area contributed by atoms with Crippen LogP contribution in [0.5, 0.6) is 0 Å². The molecule has 33 heavy (non-hydrogen) atoms. The first kappa shape index (κ1) is 24.6. The molecule has 0 amide bonds.